The Hall–Kier alpha value is 0.580. The summed E-state index contributed by atoms with van der Waals surface area (Å²) in [5.41, 5.74) is -0.854. The van der Waals surface area contributed by atoms with Gasteiger partial charge >= 0.3 is 0 Å². The van der Waals surface area contributed by atoms with E-state index in [1.54, 1.807) is 0 Å². The van der Waals surface area contributed by atoms with Crippen molar-refractivity contribution in [3.63, 3.8) is 0 Å². The van der Waals surface area contributed by atoms with Crippen molar-refractivity contribution in [2.24, 2.45) is 0 Å². The van der Waals surface area contributed by atoms with Gasteiger partial charge in [0.05, 0.1) is 17.8 Å². The number of hydrogen-bond acceptors (Lipinski definition) is 5. The van der Waals surface area contributed by atoms with E-state index >= 15 is 0 Å². The second-order valence-electron chi connectivity index (χ2n) is 10.3. The van der Waals surface area contributed by atoms with E-state index in [9.17, 15) is 15.3 Å². The molecule has 3 nitrogen and oxygen atoms in total. The minimum absolute atomic E-state index is 0.413. The van der Waals surface area contributed by atoms with Crippen LogP contribution in [0.1, 0.15) is 129 Å². The number of aliphatic hydroxyl groups excluding tert-OH is 2. The number of thioether (sulfide) groups is 2. The standard InChI is InChI=1S/C27H54O3S2/c1-4-5-6-7-11-14-17-25(31-2)26(32-3)18-15-12-9-8-10-13-16-19-27(30)21-23(28)20-24(29)22-27/h23-26,28-30H,4-22H2,1-3H3/t23-,24-,25?,26?/m0/s1. The highest BCUT2D eigenvalue weighted by atomic mass is 32.2. The van der Waals surface area contributed by atoms with Crippen LogP contribution in [0.2, 0.25) is 0 Å². The first-order valence-electron chi connectivity index (χ1n) is 13.6. The average Bonchev–Trinajstić information content (AvgIpc) is 2.74. The molecule has 0 heterocycles. The molecule has 0 aromatic rings. The minimum Gasteiger partial charge on any atom is -0.393 e. The quantitative estimate of drug-likeness (QED) is 0.156. The van der Waals surface area contributed by atoms with Crippen molar-refractivity contribution in [2.75, 3.05) is 12.5 Å². The van der Waals surface area contributed by atoms with Crippen LogP contribution >= 0.6 is 23.5 Å². The van der Waals surface area contributed by atoms with Gasteiger partial charge in [-0.05, 0) is 38.2 Å². The summed E-state index contributed by atoms with van der Waals surface area (Å²) in [6.07, 6.45) is 25.3. The Morgan fingerprint density at radius 3 is 1.53 bits per heavy atom. The number of rotatable bonds is 20. The normalized spacial score (nSPS) is 25.7. The van der Waals surface area contributed by atoms with Gasteiger partial charge in [0, 0.05) is 23.3 Å². The Morgan fingerprint density at radius 2 is 1.09 bits per heavy atom. The van der Waals surface area contributed by atoms with Crippen molar-refractivity contribution in [3.05, 3.63) is 0 Å². The van der Waals surface area contributed by atoms with E-state index in [0.717, 1.165) is 23.3 Å². The highest BCUT2D eigenvalue weighted by Crippen LogP contribution is 2.33. The molecule has 0 radical (unpaired) electrons. The van der Waals surface area contributed by atoms with E-state index in [1.165, 1.54) is 83.5 Å². The molecule has 4 atom stereocenters. The molecule has 0 bridgehead atoms. The lowest BCUT2D eigenvalue weighted by atomic mass is 9.78. The van der Waals surface area contributed by atoms with Gasteiger partial charge in [-0.2, -0.15) is 23.5 Å². The highest BCUT2D eigenvalue weighted by molar-refractivity contribution is 8.03. The predicted octanol–water partition coefficient (Wildman–Crippen LogP) is 7.35. The van der Waals surface area contributed by atoms with Crippen LogP contribution in [0.5, 0.6) is 0 Å². The molecule has 0 amide bonds. The van der Waals surface area contributed by atoms with Gasteiger partial charge in [-0.3, -0.25) is 0 Å². The summed E-state index contributed by atoms with van der Waals surface area (Å²) in [5.74, 6) is 0. The molecule has 2 unspecified atom stereocenters. The number of hydrogen-bond donors (Lipinski definition) is 3. The van der Waals surface area contributed by atoms with Gasteiger partial charge in [-0.1, -0.05) is 90.4 Å². The van der Waals surface area contributed by atoms with Crippen molar-refractivity contribution < 1.29 is 15.3 Å². The first kappa shape index (κ1) is 30.6. The van der Waals surface area contributed by atoms with Crippen molar-refractivity contribution in [1.82, 2.24) is 0 Å². The maximum absolute atomic E-state index is 10.6. The minimum atomic E-state index is -0.854. The molecular weight excluding hydrogens is 436 g/mol. The molecule has 1 aliphatic rings. The van der Waals surface area contributed by atoms with Crippen LogP contribution in [0.4, 0.5) is 0 Å². The van der Waals surface area contributed by atoms with Crippen molar-refractivity contribution in [3.8, 4) is 0 Å². The summed E-state index contributed by atoms with van der Waals surface area (Å²) in [6.45, 7) is 2.29. The molecule has 32 heavy (non-hydrogen) atoms. The van der Waals surface area contributed by atoms with Crippen LogP contribution in [-0.2, 0) is 0 Å². The zero-order valence-corrected chi connectivity index (χ0v) is 23.0. The van der Waals surface area contributed by atoms with Crippen molar-refractivity contribution in [2.45, 2.75) is 157 Å². The van der Waals surface area contributed by atoms with Gasteiger partial charge in [0.15, 0.2) is 0 Å². The van der Waals surface area contributed by atoms with E-state index < -0.39 is 17.8 Å². The Bertz CT molecular complexity index is 425. The fourth-order valence-corrected chi connectivity index (χ4v) is 7.72. The molecule has 0 aromatic carbocycles. The zero-order chi connectivity index (χ0) is 23.7. The fraction of sp³-hybridized carbons (Fsp3) is 1.00. The maximum atomic E-state index is 10.6. The third kappa shape index (κ3) is 14.1. The molecule has 0 saturated heterocycles. The molecule has 1 aliphatic carbocycles. The molecule has 5 heteroatoms. The van der Waals surface area contributed by atoms with Crippen LogP contribution in [0.3, 0.4) is 0 Å². The molecule has 3 N–H and O–H groups in total. The van der Waals surface area contributed by atoms with Crippen molar-refractivity contribution >= 4 is 23.5 Å². The Morgan fingerprint density at radius 1 is 0.688 bits per heavy atom. The summed E-state index contributed by atoms with van der Waals surface area (Å²) >= 11 is 4.17. The van der Waals surface area contributed by atoms with Crippen LogP contribution < -0.4 is 0 Å². The van der Waals surface area contributed by atoms with Crippen LogP contribution in [-0.4, -0.2) is 56.1 Å². The molecule has 0 aromatic heterocycles. The molecule has 0 aliphatic heterocycles. The van der Waals surface area contributed by atoms with Crippen LogP contribution in [0.15, 0.2) is 0 Å². The number of unbranched alkanes of at least 4 members (excludes halogenated alkanes) is 11. The Balaban J connectivity index is 2.05. The second kappa shape index (κ2) is 18.9. The summed E-state index contributed by atoms with van der Waals surface area (Å²) < 4.78 is 0. The van der Waals surface area contributed by atoms with Crippen LogP contribution in [0, 0.1) is 0 Å². The topological polar surface area (TPSA) is 60.7 Å². The first-order valence-corrected chi connectivity index (χ1v) is 16.2. The van der Waals surface area contributed by atoms with E-state index in [1.807, 2.05) is 0 Å². The maximum Gasteiger partial charge on any atom is 0.0697 e. The summed E-state index contributed by atoms with van der Waals surface area (Å²) in [5, 5.41) is 31.8. The third-order valence-corrected chi connectivity index (χ3v) is 9.78. The molecule has 1 saturated carbocycles. The number of aliphatic hydroxyl groups is 3. The molecule has 192 valence electrons. The summed E-state index contributed by atoms with van der Waals surface area (Å²) in [4.78, 5) is 0. The zero-order valence-electron chi connectivity index (χ0n) is 21.4. The SMILES string of the molecule is CCCCCCCCC(SC)C(CCCCCCCCCC1(O)C[C@@H](O)C[C@H](O)C1)SC. The van der Waals surface area contributed by atoms with Gasteiger partial charge in [0.1, 0.15) is 0 Å². The second-order valence-corrected chi connectivity index (χ2v) is 12.4. The fourth-order valence-electron chi connectivity index (χ4n) is 5.37. The molecule has 0 spiro atoms. The van der Waals surface area contributed by atoms with Crippen molar-refractivity contribution in [1.29, 1.82) is 0 Å². The van der Waals surface area contributed by atoms with Crippen LogP contribution in [0.25, 0.3) is 0 Å². The van der Waals surface area contributed by atoms with Gasteiger partial charge in [-0.25, -0.2) is 0 Å². The van der Waals surface area contributed by atoms with E-state index in [0.29, 0.717) is 25.7 Å². The van der Waals surface area contributed by atoms with E-state index in [4.69, 9.17) is 0 Å². The largest absolute Gasteiger partial charge is 0.393 e. The molecule has 1 rings (SSSR count). The van der Waals surface area contributed by atoms with E-state index in [-0.39, 0.29) is 0 Å². The monoisotopic (exact) mass is 490 g/mol. The summed E-state index contributed by atoms with van der Waals surface area (Å²) in [6, 6.07) is 0. The smallest absolute Gasteiger partial charge is 0.0697 e. The van der Waals surface area contributed by atoms with Gasteiger partial charge in [0.25, 0.3) is 0 Å². The lowest BCUT2D eigenvalue weighted by molar-refractivity contribution is -0.0950. The van der Waals surface area contributed by atoms with Gasteiger partial charge < -0.3 is 15.3 Å². The average molecular weight is 491 g/mol. The lowest BCUT2D eigenvalue weighted by Gasteiger charge is -2.37. The van der Waals surface area contributed by atoms with Gasteiger partial charge in [0.2, 0.25) is 0 Å². The lowest BCUT2D eigenvalue weighted by Crippen LogP contribution is -2.43. The Kier molecular flexibility index (Phi) is 18.0. The Labute approximate surface area is 208 Å². The first-order chi connectivity index (χ1) is 15.4. The predicted molar refractivity (Wildman–Crippen MR) is 145 cm³/mol. The van der Waals surface area contributed by atoms with E-state index in [2.05, 4.69) is 43.0 Å². The molecule has 1 fully saturated rings. The third-order valence-electron chi connectivity index (χ3n) is 7.27. The highest BCUT2D eigenvalue weighted by Gasteiger charge is 2.37. The molecular formula is C27H54O3S2. The van der Waals surface area contributed by atoms with Gasteiger partial charge in [-0.15, -0.1) is 0 Å². The summed E-state index contributed by atoms with van der Waals surface area (Å²) in [7, 11) is 0.